The van der Waals surface area contributed by atoms with Crippen LogP contribution in [0.15, 0.2) is 72.3 Å². The number of benzene rings is 3. The van der Waals surface area contributed by atoms with Crippen LogP contribution in [0.4, 0.5) is 10.5 Å². The number of hydrogen-bond donors (Lipinski definition) is 1. The van der Waals surface area contributed by atoms with Crippen molar-refractivity contribution in [2.45, 2.75) is 20.5 Å². The largest absolute Gasteiger partial charge is 0.490 e. The molecule has 1 heterocycles. The van der Waals surface area contributed by atoms with E-state index in [2.05, 4.69) is 10.1 Å². The summed E-state index contributed by atoms with van der Waals surface area (Å²) in [6.45, 7) is 4.56. The number of amides is 4. The summed E-state index contributed by atoms with van der Waals surface area (Å²) in [7, 11) is 1.25. The summed E-state index contributed by atoms with van der Waals surface area (Å²) in [6.07, 6.45) is 1.38. The lowest BCUT2D eigenvalue weighted by atomic mass is 10.1. The Bertz CT molecular complexity index is 1430. The molecule has 4 amide bonds. The third-order valence-corrected chi connectivity index (χ3v) is 5.70. The van der Waals surface area contributed by atoms with Crippen molar-refractivity contribution >= 4 is 35.6 Å². The van der Waals surface area contributed by atoms with Crippen LogP contribution in [0.3, 0.4) is 0 Å². The van der Waals surface area contributed by atoms with Gasteiger partial charge in [-0.2, -0.15) is 0 Å². The van der Waals surface area contributed by atoms with Crippen LogP contribution in [0.5, 0.6) is 11.5 Å². The van der Waals surface area contributed by atoms with Crippen molar-refractivity contribution in [3.05, 3.63) is 94.6 Å². The van der Waals surface area contributed by atoms with Gasteiger partial charge in [0.1, 0.15) is 12.2 Å². The predicted molar refractivity (Wildman–Crippen MR) is 140 cm³/mol. The number of aryl methyl sites for hydroxylation is 1. The summed E-state index contributed by atoms with van der Waals surface area (Å²) in [5, 5.41) is 2.18. The van der Waals surface area contributed by atoms with Crippen LogP contribution in [0.25, 0.3) is 6.08 Å². The van der Waals surface area contributed by atoms with Crippen LogP contribution in [0, 0.1) is 6.92 Å². The molecule has 1 fully saturated rings. The van der Waals surface area contributed by atoms with E-state index < -0.39 is 23.8 Å². The van der Waals surface area contributed by atoms with Gasteiger partial charge in [-0.05, 0) is 67.4 Å². The Labute approximate surface area is 219 Å². The molecule has 38 heavy (non-hydrogen) atoms. The van der Waals surface area contributed by atoms with Gasteiger partial charge in [0, 0.05) is 0 Å². The number of urea groups is 1. The molecular formula is C29H26N2O7. The zero-order valence-electron chi connectivity index (χ0n) is 21.1. The number of ether oxygens (including phenoxy) is 3. The second kappa shape index (κ2) is 11.4. The highest BCUT2D eigenvalue weighted by Gasteiger charge is 2.37. The number of rotatable bonds is 8. The highest BCUT2D eigenvalue weighted by Crippen LogP contribution is 2.31. The molecule has 9 nitrogen and oxygen atoms in total. The fraction of sp³-hybridized carbons (Fsp3) is 0.172. The van der Waals surface area contributed by atoms with Gasteiger partial charge in [0.05, 0.1) is 25.0 Å². The number of imide groups is 2. The van der Waals surface area contributed by atoms with E-state index in [1.165, 1.54) is 37.5 Å². The monoisotopic (exact) mass is 514 g/mol. The van der Waals surface area contributed by atoms with Crippen molar-refractivity contribution in [2.24, 2.45) is 0 Å². The lowest BCUT2D eigenvalue weighted by Crippen LogP contribution is -2.54. The molecule has 4 rings (SSSR count). The normalized spacial score (nSPS) is 14.3. The third kappa shape index (κ3) is 5.73. The van der Waals surface area contributed by atoms with Crippen molar-refractivity contribution in [2.75, 3.05) is 18.6 Å². The van der Waals surface area contributed by atoms with Gasteiger partial charge in [0.2, 0.25) is 0 Å². The van der Waals surface area contributed by atoms with Crippen molar-refractivity contribution in [1.29, 1.82) is 0 Å². The van der Waals surface area contributed by atoms with Gasteiger partial charge in [-0.3, -0.25) is 14.9 Å². The summed E-state index contributed by atoms with van der Waals surface area (Å²) >= 11 is 0. The van der Waals surface area contributed by atoms with E-state index >= 15 is 0 Å². The smallest absolute Gasteiger partial charge is 0.337 e. The maximum absolute atomic E-state index is 13.2. The fourth-order valence-corrected chi connectivity index (χ4v) is 3.89. The topological polar surface area (TPSA) is 111 Å². The first kappa shape index (κ1) is 26.2. The number of carbonyl (C=O) groups excluding carboxylic acids is 4. The molecule has 0 radical (unpaired) electrons. The Balaban J connectivity index is 1.59. The van der Waals surface area contributed by atoms with E-state index in [0.717, 1.165) is 16.0 Å². The lowest BCUT2D eigenvalue weighted by molar-refractivity contribution is -0.122. The molecule has 1 N–H and O–H groups in total. The number of nitrogens with zero attached hydrogens (tertiary/aromatic N) is 1. The van der Waals surface area contributed by atoms with Gasteiger partial charge in [-0.25, -0.2) is 14.5 Å². The Morgan fingerprint density at radius 3 is 2.39 bits per heavy atom. The highest BCUT2D eigenvalue weighted by atomic mass is 16.5. The lowest BCUT2D eigenvalue weighted by Gasteiger charge is -2.26. The molecule has 3 aromatic rings. The van der Waals surface area contributed by atoms with Gasteiger partial charge >= 0.3 is 12.0 Å². The van der Waals surface area contributed by atoms with E-state index in [1.54, 1.807) is 18.2 Å². The minimum Gasteiger partial charge on any atom is -0.490 e. The molecule has 0 atom stereocenters. The maximum Gasteiger partial charge on any atom is 0.337 e. The SMILES string of the molecule is CCOc1cc(/C=C2\C(=O)NC(=O)N(c3ccc(C(=O)OC)cc3)C2=O)ccc1OCc1cccc(C)c1. The molecule has 0 aliphatic carbocycles. The predicted octanol–water partition coefficient (Wildman–Crippen LogP) is 4.43. The molecule has 1 aliphatic heterocycles. The number of nitrogens with one attached hydrogen (secondary N) is 1. The summed E-state index contributed by atoms with van der Waals surface area (Å²) in [5.74, 6) is -1.22. The van der Waals surface area contributed by atoms with E-state index in [0.29, 0.717) is 30.3 Å². The molecule has 1 saturated heterocycles. The Hall–Kier alpha value is -4.92. The Kier molecular flexibility index (Phi) is 7.86. The van der Waals surface area contributed by atoms with Crippen LogP contribution in [-0.2, 0) is 20.9 Å². The van der Waals surface area contributed by atoms with E-state index in [4.69, 9.17) is 9.47 Å². The minimum absolute atomic E-state index is 0.188. The molecule has 0 saturated carbocycles. The van der Waals surface area contributed by atoms with Crippen molar-refractivity contribution in [3.8, 4) is 11.5 Å². The van der Waals surface area contributed by atoms with Gasteiger partial charge in [-0.1, -0.05) is 35.9 Å². The fourth-order valence-electron chi connectivity index (χ4n) is 3.89. The first-order chi connectivity index (χ1) is 18.3. The van der Waals surface area contributed by atoms with Crippen molar-refractivity contribution < 1.29 is 33.4 Å². The second-order valence-electron chi connectivity index (χ2n) is 8.41. The Morgan fingerprint density at radius 1 is 0.947 bits per heavy atom. The number of methoxy groups -OCH3 is 1. The summed E-state index contributed by atoms with van der Waals surface area (Å²) in [5.41, 5.74) is 2.84. The average molecular weight is 515 g/mol. The molecule has 0 unspecified atom stereocenters. The molecule has 1 aliphatic rings. The molecule has 0 bridgehead atoms. The van der Waals surface area contributed by atoms with Crippen LogP contribution < -0.4 is 19.7 Å². The zero-order valence-corrected chi connectivity index (χ0v) is 21.1. The first-order valence-electron chi connectivity index (χ1n) is 11.9. The average Bonchev–Trinajstić information content (AvgIpc) is 2.90. The minimum atomic E-state index is -0.891. The number of anilines is 1. The number of esters is 1. The number of carbonyl (C=O) groups is 4. The van der Waals surface area contributed by atoms with Gasteiger partial charge in [0.15, 0.2) is 11.5 Å². The third-order valence-electron chi connectivity index (χ3n) is 5.70. The molecule has 0 spiro atoms. The first-order valence-corrected chi connectivity index (χ1v) is 11.9. The van der Waals surface area contributed by atoms with Gasteiger partial charge < -0.3 is 14.2 Å². The quantitative estimate of drug-likeness (QED) is 0.269. The maximum atomic E-state index is 13.2. The molecular weight excluding hydrogens is 488 g/mol. The van der Waals surface area contributed by atoms with Crippen LogP contribution in [0.1, 0.15) is 34.0 Å². The van der Waals surface area contributed by atoms with Crippen molar-refractivity contribution in [1.82, 2.24) is 5.32 Å². The summed E-state index contributed by atoms with van der Waals surface area (Å²) in [4.78, 5) is 50.8. The number of hydrogen-bond acceptors (Lipinski definition) is 7. The molecule has 194 valence electrons. The Morgan fingerprint density at radius 2 is 1.71 bits per heavy atom. The van der Waals surface area contributed by atoms with Gasteiger partial charge in [0.25, 0.3) is 11.8 Å². The van der Waals surface area contributed by atoms with E-state index in [-0.39, 0.29) is 16.8 Å². The molecule has 0 aromatic heterocycles. The van der Waals surface area contributed by atoms with Crippen molar-refractivity contribution in [3.63, 3.8) is 0 Å². The van der Waals surface area contributed by atoms with E-state index in [9.17, 15) is 19.2 Å². The van der Waals surface area contributed by atoms with Crippen LogP contribution in [-0.4, -0.2) is 37.5 Å². The molecule has 3 aromatic carbocycles. The van der Waals surface area contributed by atoms with Crippen LogP contribution in [0.2, 0.25) is 0 Å². The highest BCUT2D eigenvalue weighted by molar-refractivity contribution is 6.39. The second-order valence-corrected chi connectivity index (χ2v) is 8.41. The standard InChI is InChI=1S/C29H26N2O7/c1-4-37-25-16-19(8-13-24(25)38-17-20-7-5-6-18(2)14-20)15-23-26(32)30-29(35)31(27(23)33)22-11-9-21(10-12-22)28(34)36-3/h5-16H,4,17H2,1-3H3,(H,30,32,35)/b23-15+. The van der Waals surface area contributed by atoms with Gasteiger partial charge in [-0.15, -0.1) is 0 Å². The number of barbiturate groups is 1. The summed E-state index contributed by atoms with van der Waals surface area (Å²) < 4.78 is 16.4. The molecule has 9 heteroatoms. The summed E-state index contributed by atoms with van der Waals surface area (Å²) in [6, 6.07) is 17.8. The zero-order chi connectivity index (χ0) is 27.2. The van der Waals surface area contributed by atoms with Crippen LogP contribution >= 0.6 is 0 Å². The van der Waals surface area contributed by atoms with E-state index in [1.807, 2.05) is 38.1 Å².